The van der Waals surface area contributed by atoms with E-state index < -0.39 is 12.1 Å². The Morgan fingerprint density at radius 3 is 2.86 bits per heavy atom. The van der Waals surface area contributed by atoms with Crippen molar-refractivity contribution in [2.75, 3.05) is 17.3 Å². The summed E-state index contributed by atoms with van der Waals surface area (Å²) in [5, 5.41) is 11.9. The molecular formula is C20H20FN7O. The molecule has 1 N–H and O–H groups in total. The van der Waals surface area contributed by atoms with Crippen LogP contribution in [-0.2, 0) is 18.3 Å². The Labute approximate surface area is 167 Å². The number of amides is 1. The molecule has 0 spiro atoms. The molecule has 0 unspecified atom stereocenters. The second-order valence-corrected chi connectivity index (χ2v) is 7.12. The molecule has 3 heterocycles. The lowest BCUT2D eigenvalue weighted by molar-refractivity contribution is -0.117. The highest BCUT2D eigenvalue weighted by atomic mass is 19.1. The molecular weight excluding hydrogens is 373 g/mol. The van der Waals surface area contributed by atoms with E-state index in [1.165, 1.54) is 0 Å². The van der Waals surface area contributed by atoms with Crippen LogP contribution in [0.1, 0.15) is 24.6 Å². The van der Waals surface area contributed by atoms with Crippen molar-refractivity contribution in [1.82, 2.24) is 19.5 Å². The van der Waals surface area contributed by atoms with E-state index in [1.54, 1.807) is 18.6 Å². The molecule has 0 aliphatic heterocycles. The number of nitriles is 1. The Balaban J connectivity index is 1.79. The number of anilines is 3. The smallest absolute Gasteiger partial charge is 0.231 e. The molecule has 9 heteroatoms. The largest absolute Gasteiger partial charge is 0.334 e. The molecule has 3 aromatic rings. The summed E-state index contributed by atoms with van der Waals surface area (Å²) in [5.74, 6) is -0.154. The minimum absolute atomic E-state index is 0.241. The van der Waals surface area contributed by atoms with Crippen LogP contribution >= 0.6 is 0 Å². The summed E-state index contributed by atoms with van der Waals surface area (Å²) >= 11 is 0. The van der Waals surface area contributed by atoms with Gasteiger partial charge in [-0.1, -0.05) is 6.92 Å². The zero-order valence-electron chi connectivity index (χ0n) is 16.3. The number of halogens is 1. The standard InChI is InChI=1S/C20H20FN7O/c1-4-11-9-23-12(8-22)5-15(11)28(3)17-7-16-18(24-10-27(16)2)19(25-17)26-20(29)13-6-14(13)21/h5,7,9-10,13-14H,4,6H2,1-3H3,(H,25,26,29)/t13-,14+/m0/s1. The number of nitrogens with zero attached hydrogens (tertiary/aromatic N) is 6. The molecule has 1 amide bonds. The third-order valence-corrected chi connectivity index (χ3v) is 5.15. The normalized spacial score (nSPS) is 17.8. The molecule has 29 heavy (non-hydrogen) atoms. The zero-order chi connectivity index (χ0) is 20.7. The number of hydrogen-bond acceptors (Lipinski definition) is 6. The first kappa shape index (κ1) is 18.8. The number of nitrogens with one attached hydrogen (secondary N) is 1. The molecule has 0 aromatic carbocycles. The number of alkyl halides is 1. The van der Waals surface area contributed by atoms with Gasteiger partial charge in [-0.2, -0.15) is 5.26 Å². The zero-order valence-corrected chi connectivity index (χ0v) is 16.3. The molecule has 2 atom stereocenters. The number of hydrogen-bond donors (Lipinski definition) is 1. The fourth-order valence-electron chi connectivity index (χ4n) is 3.26. The van der Waals surface area contributed by atoms with Gasteiger partial charge in [-0.15, -0.1) is 0 Å². The molecule has 4 rings (SSSR count). The number of fused-ring (bicyclic) bond motifs is 1. The maximum absolute atomic E-state index is 13.3. The van der Waals surface area contributed by atoms with Crippen LogP contribution in [0.15, 0.2) is 24.7 Å². The first-order valence-corrected chi connectivity index (χ1v) is 9.32. The average molecular weight is 393 g/mol. The minimum Gasteiger partial charge on any atom is -0.334 e. The summed E-state index contributed by atoms with van der Waals surface area (Å²) in [6.07, 6.45) is 3.21. The lowest BCUT2D eigenvalue weighted by Gasteiger charge is -2.22. The molecule has 3 aromatic heterocycles. The van der Waals surface area contributed by atoms with Crippen molar-refractivity contribution in [1.29, 1.82) is 5.26 Å². The number of aromatic nitrogens is 4. The van der Waals surface area contributed by atoms with Gasteiger partial charge in [0.05, 0.1) is 17.8 Å². The van der Waals surface area contributed by atoms with Crippen molar-refractivity contribution in [3.8, 4) is 6.07 Å². The second kappa shape index (κ2) is 7.13. The molecule has 1 aliphatic rings. The van der Waals surface area contributed by atoms with Crippen LogP contribution in [-0.4, -0.2) is 38.6 Å². The van der Waals surface area contributed by atoms with Crippen molar-refractivity contribution in [3.63, 3.8) is 0 Å². The summed E-state index contributed by atoms with van der Waals surface area (Å²) in [6.45, 7) is 2.01. The van der Waals surface area contributed by atoms with Crippen LogP contribution in [0.3, 0.4) is 0 Å². The maximum Gasteiger partial charge on any atom is 0.231 e. The highest BCUT2D eigenvalue weighted by Gasteiger charge is 2.44. The van der Waals surface area contributed by atoms with Gasteiger partial charge in [0.25, 0.3) is 0 Å². The number of carbonyl (C=O) groups excluding carboxylic acids is 1. The van der Waals surface area contributed by atoms with E-state index in [4.69, 9.17) is 0 Å². The number of aryl methyl sites for hydroxylation is 2. The monoisotopic (exact) mass is 393 g/mol. The molecule has 0 saturated heterocycles. The van der Waals surface area contributed by atoms with Gasteiger partial charge in [0.2, 0.25) is 5.91 Å². The molecule has 1 saturated carbocycles. The van der Waals surface area contributed by atoms with E-state index in [9.17, 15) is 14.4 Å². The number of imidazole rings is 1. The van der Waals surface area contributed by atoms with Gasteiger partial charge >= 0.3 is 0 Å². The number of carbonyl (C=O) groups is 1. The van der Waals surface area contributed by atoms with E-state index in [0.717, 1.165) is 23.2 Å². The maximum atomic E-state index is 13.3. The van der Waals surface area contributed by atoms with Gasteiger partial charge in [-0.3, -0.25) is 4.79 Å². The predicted octanol–water partition coefficient (Wildman–Crippen LogP) is 2.86. The van der Waals surface area contributed by atoms with E-state index in [-0.39, 0.29) is 12.3 Å². The van der Waals surface area contributed by atoms with E-state index in [2.05, 4.69) is 26.3 Å². The van der Waals surface area contributed by atoms with Crippen LogP contribution < -0.4 is 10.2 Å². The van der Waals surface area contributed by atoms with Crippen LogP contribution in [0.25, 0.3) is 11.0 Å². The third-order valence-electron chi connectivity index (χ3n) is 5.15. The fraction of sp³-hybridized carbons (Fsp3) is 0.350. The van der Waals surface area contributed by atoms with Gasteiger partial charge in [-0.25, -0.2) is 19.3 Å². The predicted molar refractivity (Wildman–Crippen MR) is 107 cm³/mol. The molecule has 1 aliphatic carbocycles. The highest BCUT2D eigenvalue weighted by molar-refractivity contribution is 6.01. The quantitative estimate of drug-likeness (QED) is 0.715. The summed E-state index contributed by atoms with van der Waals surface area (Å²) in [4.78, 5) is 27.2. The number of rotatable bonds is 5. The Bertz CT molecular complexity index is 1150. The van der Waals surface area contributed by atoms with Crippen molar-refractivity contribution in [2.45, 2.75) is 25.9 Å². The van der Waals surface area contributed by atoms with Crippen molar-refractivity contribution in [3.05, 3.63) is 35.9 Å². The molecule has 148 valence electrons. The van der Waals surface area contributed by atoms with Crippen molar-refractivity contribution < 1.29 is 9.18 Å². The first-order valence-electron chi connectivity index (χ1n) is 9.32. The lowest BCUT2D eigenvalue weighted by Crippen LogP contribution is -2.19. The Morgan fingerprint density at radius 2 is 2.21 bits per heavy atom. The van der Waals surface area contributed by atoms with Gasteiger partial charge in [0.1, 0.15) is 29.3 Å². The van der Waals surface area contributed by atoms with Gasteiger partial charge in [0.15, 0.2) is 5.82 Å². The Hall–Kier alpha value is -3.54. The Morgan fingerprint density at radius 1 is 1.45 bits per heavy atom. The van der Waals surface area contributed by atoms with E-state index in [0.29, 0.717) is 22.8 Å². The fourth-order valence-corrected chi connectivity index (χ4v) is 3.26. The lowest BCUT2D eigenvalue weighted by atomic mass is 10.1. The summed E-state index contributed by atoms with van der Waals surface area (Å²) in [7, 11) is 3.69. The molecule has 0 radical (unpaired) electrons. The van der Waals surface area contributed by atoms with Gasteiger partial charge < -0.3 is 14.8 Å². The molecule has 1 fully saturated rings. The van der Waals surface area contributed by atoms with Crippen molar-refractivity contribution in [2.24, 2.45) is 13.0 Å². The van der Waals surface area contributed by atoms with Crippen LogP contribution in [0.5, 0.6) is 0 Å². The first-order chi connectivity index (χ1) is 13.9. The Kier molecular flexibility index (Phi) is 4.62. The van der Waals surface area contributed by atoms with Crippen molar-refractivity contribution >= 4 is 34.3 Å². The van der Waals surface area contributed by atoms with Crippen LogP contribution in [0.4, 0.5) is 21.7 Å². The minimum atomic E-state index is -1.09. The summed E-state index contributed by atoms with van der Waals surface area (Å²) in [5.41, 5.74) is 3.38. The molecule has 8 nitrogen and oxygen atoms in total. The highest BCUT2D eigenvalue weighted by Crippen LogP contribution is 2.36. The van der Waals surface area contributed by atoms with Crippen LogP contribution in [0.2, 0.25) is 0 Å². The van der Waals surface area contributed by atoms with Crippen LogP contribution in [0, 0.1) is 17.2 Å². The van der Waals surface area contributed by atoms with E-state index >= 15 is 0 Å². The topological polar surface area (TPSA) is 99.7 Å². The van der Waals surface area contributed by atoms with Gasteiger partial charge in [-0.05, 0) is 24.5 Å². The van der Waals surface area contributed by atoms with Gasteiger partial charge in [0, 0.05) is 32.0 Å². The summed E-state index contributed by atoms with van der Waals surface area (Å²) < 4.78 is 15.1. The molecule has 0 bridgehead atoms. The van der Waals surface area contributed by atoms with E-state index in [1.807, 2.05) is 36.6 Å². The average Bonchev–Trinajstić information content (AvgIpc) is 3.36. The third kappa shape index (κ3) is 3.38. The SMILES string of the molecule is CCc1cnc(C#N)cc1N(C)c1cc2c(ncn2C)c(NC(=O)[C@H]2C[C@H]2F)n1. The number of pyridine rings is 2. The second-order valence-electron chi connectivity index (χ2n) is 7.12. The summed E-state index contributed by atoms with van der Waals surface area (Å²) in [6, 6.07) is 5.63.